The van der Waals surface area contributed by atoms with E-state index in [9.17, 15) is 60.3 Å². The van der Waals surface area contributed by atoms with Crippen LogP contribution in [0.5, 0.6) is 0 Å². The van der Waals surface area contributed by atoms with E-state index < -0.39 is 154 Å². The van der Waals surface area contributed by atoms with Gasteiger partial charge in [-0.3, -0.25) is 28.7 Å². The van der Waals surface area contributed by atoms with Crippen LogP contribution in [0, 0.1) is 53.8 Å². The van der Waals surface area contributed by atoms with Gasteiger partial charge >= 0.3 is 18.2 Å². The number of carbonyl (C=O) groups excluding carboxylic acids is 7. The van der Waals surface area contributed by atoms with Crippen molar-refractivity contribution in [1.29, 1.82) is 1.34 Å². The number of nitrogens with one attached hydrogen (secondary N) is 5. The molecule has 7 amide bonds. The van der Waals surface area contributed by atoms with Crippen LogP contribution in [0.1, 0.15) is 146 Å². The van der Waals surface area contributed by atoms with Crippen molar-refractivity contribution in [3.63, 3.8) is 0 Å². The van der Waals surface area contributed by atoms with Gasteiger partial charge in [-0.1, -0.05) is 126 Å². The maximum absolute atomic E-state index is 14.3. The molecule has 29 heteroatoms. The third-order valence-corrected chi connectivity index (χ3v) is 21.3. The Balaban J connectivity index is 0.000000285. The minimum Gasteiger partial charge on any atom is -0.479 e. The van der Waals surface area contributed by atoms with Gasteiger partial charge in [-0.25, -0.2) is 36.4 Å². The second-order valence-electron chi connectivity index (χ2n) is 30.9. The number of amides is 7. The second-order valence-corrected chi connectivity index (χ2v) is 34.7. The van der Waals surface area contributed by atoms with Crippen molar-refractivity contribution < 1.29 is 110 Å². The Labute approximate surface area is 620 Å². The largest absolute Gasteiger partial charge is 0.479 e. The summed E-state index contributed by atoms with van der Waals surface area (Å²) in [6.45, 7) is 29.2. The van der Waals surface area contributed by atoms with Crippen LogP contribution in [0.25, 0.3) is 21.5 Å². The van der Waals surface area contributed by atoms with E-state index in [1.165, 1.54) is 22.0 Å². The van der Waals surface area contributed by atoms with Gasteiger partial charge in [-0.05, 0) is 137 Å². The summed E-state index contributed by atoms with van der Waals surface area (Å²) in [6.07, 6.45) is 3.60. The molecule has 10 atom stereocenters. The number of aliphatic carboxylic acids is 1. The molecule has 4 aromatic carbocycles. The number of sulfonamides is 2. The molecule has 4 saturated carbocycles. The summed E-state index contributed by atoms with van der Waals surface area (Å²) in [5, 5.41) is 29.0. The van der Waals surface area contributed by atoms with E-state index in [4.69, 9.17) is 25.4 Å². The number of alkyl carbamates (subject to hydrolysis) is 2. The van der Waals surface area contributed by atoms with Crippen LogP contribution in [0.2, 0.25) is 0 Å². The molecule has 6 fully saturated rings. The molecule has 6 aliphatic rings. The van der Waals surface area contributed by atoms with Gasteiger partial charge in [0.15, 0.2) is 0 Å². The molecule has 0 aromatic heterocycles. The molecule has 10 rings (SSSR count). The SMILES string of the molecule is C=C[C@@H]1C[C@]1(NC(=O)[C@@H]1C[C@@H](OCc2ccc3ccccc3c2)CN1C(=O)[C@@H](NC(=O)OC(C)(C)C)C(C)(C)C)C(=O)NS(=O)(=O)C1CC1.C=C[C@@H]1C[C@]1(NC(=O)[C@@H]1C[C@@H](OCc2ccc3ccccc3c2)CN1C(=O)[C@@H](NC(=O)OC(C)(C)C)C(C)(C)C)C(=O)O.NS(=O)(=O)C1CC1.[2H][B].[U]. The Bertz CT molecular complexity index is 4000. The van der Waals surface area contributed by atoms with Crippen LogP contribution in [0.4, 0.5) is 9.59 Å². The Morgan fingerprint density at radius 2 is 0.970 bits per heavy atom. The third-order valence-electron chi connectivity index (χ3n) is 18.1. The molecule has 0 spiro atoms. The molecular weight excluding hydrogens is 1560 g/mol. The normalized spacial score (nSPS) is 23.8. The molecule has 548 valence electrons. The molecule has 2 heterocycles. The number of primary sulfonamides is 1. The molecule has 2 saturated heterocycles. The van der Waals surface area contributed by atoms with Gasteiger partial charge in [0.05, 0.1) is 35.9 Å². The van der Waals surface area contributed by atoms with Crippen LogP contribution < -0.4 is 31.1 Å². The van der Waals surface area contributed by atoms with Crippen molar-refractivity contribution in [2.45, 2.75) is 217 Å². The monoisotopic (exact) mass is 1660 g/mol. The van der Waals surface area contributed by atoms with Crippen molar-refractivity contribution in [3.05, 3.63) is 121 Å². The number of rotatable bonds is 21. The average molecular weight is 1660 g/mol. The van der Waals surface area contributed by atoms with Crippen LogP contribution in [-0.4, -0.2) is 171 Å². The quantitative estimate of drug-likeness (QED) is 0.0322. The predicted molar refractivity (Wildman–Crippen MR) is 380 cm³/mol. The summed E-state index contributed by atoms with van der Waals surface area (Å²) < 4.78 is 76.4. The Morgan fingerprint density at radius 3 is 1.29 bits per heavy atom. The molecule has 0 unspecified atom stereocenters. The van der Waals surface area contributed by atoms with Gasteiger partial charge in [-0.2, -0.15) is 0 Å². The van der Waals surface area contributed by atoms with E-state index in [0.29, 0.717) is 12.8 Å². The standard InChI is InChI=1S/C36H48N4O8S.C33H43N3O7.C3H7NO2S.BH.U/c1-8-25-19-36(25,32(43)39-49(45,46)27-15-16-27)38-30(41)28-18-26(47-21-22-13-14-23-11-9-10-12-24(23)17-22)20-40(28)31(42)29(34(2,3)4)37-33(44)48-35(5,6)7;1-8-23-17-33(23,29(39)40)35-27(37)25-16-24(42-19-20-13-14-21-11-9-10-12-22(21)15-20)18-36(25)28(38)26(31(2,3)4)34-30(41)43-32(5,6)7;4-7(5,6)3-1-2-3;;/h8-14,17,25-29H,1,15-16,18-21H2,2-7H3,(H,37,44)(H,38,41)(H,39,43);8-15,23-26H,1,16-19H2,2-7H3,(H,34,41)(H,35,37)(H,39,40);3H,1-2H2,(H2,4,5,6);1H;/t25-,26-,28+,29-,36-;23-,24-,25+,26-,33-;;;/m11.../s1/i;;;1D;. The van der Waals surface area contributed by atoms with Crippen molar-refractivity contribution in [3.8, 4) is 0 Å². The van der Waals surface area contributed by atoms with Crippen LogP contribution in [0.15, 0.2) is 110 Å². The summed E-state index contributed by atoms with van der Waals surface area (Å²) in [6, 6.07) is 23.8. The minimum absolute atomic E-state index is 0. The average Bonchev–Trinajstić information content (AvgIpc) is 1.58. The molecule has 4 aliphatic carbocycles. The van der Waals surface area contributed by atoms with Crippen LogP contribution in [-0.2, 0) is 81.0 Å². The molecule has 4 aromatic rings. The number of nitrogens with two attached hydrogens (primary N) is 1. The number of carboxylic acid groups (broad SMARTS) is 1. The molecule has 101 heavy (non-hydrogen) atoms. The maximum atomic E-state index is 14.3. The van der Waals surface area contributed by atoms with Crippen molar-refractivity contribution in [1.82, 2.24) is 35.8 Å². The number of hydrogen-bond acceptors (Lipinski definition) is 16. The fraction of sp³-hybridized carbons (Fsp3) is 0.556. The van der Waals surface area contributed by atoms with Gasteiger partial charge in [0.25, 0.3) is 5.91 Å². The van der Waals surface area contributed by atoms with Crippen molar-refractivity contribution >= 4 is 97.7 Å². The number of ether oxygens (including phenoxy) is 4. The third kappa shape index (κ3) is 21.9. The zero-order valence-electron chi connectivity index (χ0n) is 60.8. The number of likely N-dealkylation sites (tertiary alicyclic amines) is 2. The Morgan fingerprint density at radius 1 is 0.604 bits per heavy atom. The van der Waals surface area contributed by atoms with Crippen molar-refractivity contribution in [2.75, 3.05) is 13.1 Å². The second kappa shape index (κ2) is 32.4. The summed E-state index contributed by atoms with van der Waals surface area (Å²) in [7, 11) is -3.25. The molecule has 0 bridgehead atoms. The van der Waals surface area contributed by atoms with Crippen molar-refractivity contribution in [2.24, 2.45) is 27.8 Å². The van der Waals surface area contributed by atoms with E-state index in [2.05, 4.69) is 47.5 Å². The van der Waals surface area contributed by atoms with E-state index in [1.807, 2.05) is 106 Å². The van der Waals surface area contributed by atoms with E-state index in [1.54, 1.807) is 62.3 Å². The zero-order chi connectivity index (χ0) is 75.2. The molecular formula is C72H99BN8O17S2U. The molecule has 25 nitrogen and oxygen atoms in total. The topological polar surface area (TPSA) is 355 Å². The van der Waals surface area contributed by atoms with E-state index >= 15 is 0 Å². The van der Waals surface area contributed by atoms with Crippen LogP contribution in [0.3, 0.4) is 0 Å². The van der Waals surface area contributed by atoms with Gasteiger partial charge < -0.3 is 55.1 Å². The van der Waals surface area contributed by atoms with Gasteiger partial charge in [0, 0.05) is 77.3 Å². The zero-order valence-corrected chi connectivity index (χ0v) is 65.6. The number of nitrogens with zero attached hydrogens (tertiary/aromatic N) is 2. The minimum atomic E-state index is -3.87. The van der Waals surface area contributed by atoms with Gasteiger partial charge in [-0.15, -0.1) is 13.2 Å². The molecule has 8 N–H and O–H groups in total. The first-order valence-electron chi connectivity index (χ1n) is 34.0. The van der Waals surface area contributed by atoms with Crippen LogP contribution >= 0.6 is 0 Å². The maximum Gasteiger partial charge on any atom is 0.408 e. The first kappa shape index (κ1) is 81.4. The number of carboxylic acids is 1. The van der Waals surface area contributed by atoms with Gasteiger partial charge in [0.2, 0.25) is 43.7 Å². The fourth-order valence-corrected chi connectivity index (χ4v) is 14.3. The smallest absolute Gasteiger partial charge is 0.408 e. The fourth-order valence-electron chi connectivity index (χ4n) is 12.1. The number of fused-ring (bicyclic) bond motifs is 2. The summed E-state index contributed by atoms with van der Waals surface area (Å²) in [4.78, 5) is 110. The number of hydrogen-bond donors (Lipinski definition) is 7. The van der Waals surface area contributed by atoms with Gasteiger partial charge in [0.1, 0.15) is 46.4 Å². The summed E-state index contributed by atoms with van der Waals surface area (Å²) in [5.41, 5.74) is -4.18. The summed E-state index contributed by atoms with van der Waals surface area (Å²) >= 11 is 0. The number of carbonyl (C=O) groups is 8. The predicted octanol–water partition coefficient (Wildman–Crippen LogP) is 7.13. The molecule has 2 aliphatic heterocycles. The Kier molecular flexibility index (Phi) is 26.1. The summed E-state index contributed by atoms with van der Waals surface area (Å²) in [5.74, 6) is -5.07. The number of benzene rings is 4. The Hall–Kier alpha value is -6.86. The molecule has 2 radical (unpaired) electrons. The first-order chi connectivity index (χ1) is 47.0. The van der Waals surface area contributed by atoms with E-state index in [0.717, 1.165) is 45.5 Å². The van der Waals surface area contributed by atoms with E-state index in [-0.39, 0.29) is 88.3 Å². The first-order valence-corrected chi connectivity index (χ1v) is 36.6.